The van der Waals surface area contributed by atoms with Gasteiger partial charge < -0.3 is 20.1 Å². The second kappa shape index (κ2) is 9.82. The lowest BCUT2D eigenvalue weighted by Gasteiger charge is -2.34. The highest BCUT2D eigenvalue weighted by molar-refractivity contribution is 7.17. The molecule has 2 N–H and O–H groups in total. The number of hydrogen-bond donors (Lipinski definition) is 2. The number of nitrogens with zero attached hydrogens (tertiary/aromatic N) is 1. The largest absolute Gasteiger partial charge is 0.383 e. The molecule has 1 aliphatic heterocycles. The molecule has 3 rings (SSSR count). The predicted octanol–water partition coefficient (Wildman–Crippen LogP) is 2.05. The Morgan fingerprint density at radius 1 is 1.21 bits per heavy atom. The van der Waals surface area contributed by atoms with E-state index in [1.807, 2.05) is 13.8 Å². The van der Waals surface area contributed by atoms with E-state index in [-0.39, 0.29) is 24.0 Å². The first-order valence-corrected chi connectivity index (χ1v) is 10.9. The number of nitrogens with one attached hydrogen (secondary N) is 2. The molecule has 0 unspecified atom stereocenters. The van der Waals surface area contributed by atoms with Gasteiger partial charge in [-0.05, 0) is 45.1 Å². The van der Waals surface area contributed by atoms with Gasteiger partial charge in [-0.25, -0.2) is 0 Å². The molecule has 156 valence electrons. The fourth-order valence-corrected chi connectivity index (χ4v) is 5.33. The minimum absolute atomic E-state index is 0.0779. The molecule has 1 saturated heterocycles. The molecule has 8 heteroatoms. The highest BCUT2D eigenvalue weighted by atomic mass is 32.1. The van der Waals surface area contributed by atoms with Gasteiger partial charge in [-0.1, -0.05) is 0 Å². The summed E-state index contributed by atoms with van der Waals surface area (Å²) < 4.78 is 10.8. The normalized spacial score (nSPS) is 22.5. The van der Waals surface area contributed by atoms with Crippen molar-refractivity contribution in [1.82, 2.24) is 10.2 Å². The van der Waals surface area contributed by atoms with E-state index in [0.29, 0.717) is 30.3 Å². The average Bonchev–Trinajstić information content (AvgIpc) is 2.98. The summed E-state index contributed by atoms with van der Waals surface area (Å²) in [5.74, 6) is -0.203. The van der Waals surface area contributed by atoms with E-state index in [1.54, 1.807) is 18.4 Å². The molecule has 1 aromatic heterocycles. The summed E-state index contributed by atoms with van der Waals surface area (Å²) >= 11 is 1.55. The minimum atomic E-state index is -0.125. The molecule has 2 heterocycles. The average molecular weight is 410 g/mol. The lowest BCUT2D eigenvalue weighted by atomic mass is 9.95. The van der Waals surface area contributed by atoms with Crippen molar-refractivity contribution >= 4 is 28.2 Å². The number of rotatable bonds is 7. The zero-order valence-corrected chi connectivity index (χ0v) is 17.8. The van der Waals surface area contributed by atoms with Gasteiger partial charge in [0.15, 0.2) is 0 Å². The molecule has 0 spiro atoms. The van der Waals surface area contributed by atoms with Gasteiger partial charge in [-0.15, -0.1) is 11.3 Å². The topological polar surface area (TPSA) is 79.9 Å². The van der Waals surface area contributed by atoms with Crippen molar-refractivity contribution in [3.05, 3.63) is 16.0 Å². The molecular formula is C20H31N3O4S. The highest BCUT2D eigenvalue weighted by Crippen LogP contribution is 2.38. The Kier molecular flexibility index (Phi) is 7.45. The predicted molar refractivity (Wildman–Crippen MR) is 110 cm³/mol. The number of carbonyl (C=O) groups is 2. The quantitative estimate of drug-likeness (QED) is 0.674. The number of hydrogen-bond acceptors (Lipinski definition) is 6. The molecule has 7 nitrogen and oxygen atoms in total. The summed E-state index contributed by atoms with van der Waals surface area (Å²) in [5.41, 5.74) is 1.75. The Labute approximate surface area is 170 Å². The Morgan fingerprint density at radius 2 is 1.93 bits per heavy atom. The van der Waals surface area contributed by atoms with Crippen LogP contribution in [0.1, 0.15) is 47.5 Å². The molecule has 1 aliphatic carbocycles. The van der Waals surface area contributed by atoms with Crippen LogP contribution in [0.15, 0.2) is 0 Å². The molecule has 0 saturated carbocycles. The van der Waals surface area contributed by atoms with Crippen LogP contribution in [0.2, 0.25) is 0 Å². The molecule has 2 atom stereocenters. The van der Waals surface area contributed by atoms with Crippen LogP contribution in [0.4, 0.5) is 5.00 Å². The summed E-state index contributed by atoms with van der Waals surface area (Å²) in [6.45, 7) is 6.76. The van der Waals surface area contributed by atoms with Gasteiger partial charge in [0.1, 0.15) is 5.00 Å². The third kappa shape index (κ3) is 5.31. The van der Waals surface area contributed by atoms with Crippen LogP contribution in [-0.4, -0.2) is 68.8 Å². The third-order valence-electron chi connectivity index (χ3n) is 5.11. The third-order valence-corrected chi connectivity index (χ3v) is 6.31. The Bertz CT molecular complexity index is 696. The van der Waals surface area contributed by atoms with Crippen LogP contribution in [0.25, 0.3) is 0 Å². The van der Waals surface area contributed by atoms with Crippen molar-refractivity contribution in [2.75, 3.05) is 45.2 Å². The van der Waals surface area contributed by atoms with Crippen molar-refractivity contribution in [2.45, 2.75) is 51.7 Å². The van der Waals surface area contributed by atoms with Crippen LogP contribution < -0.4 is 10.6 Å². The first-order valence-electron chi connectivity index (χ1n) is 10.1. The van der Waals surface area contributed by atoms with Crippen molar-refractivity contribution in [3.8, 4) is 0 Å². The fraction of sp³-hybridized carbons (Fsp3) is 0.700. The van der Waals surface area contributed by atoms with Gasteiger partial charge in [-0.3, -0.25) is 14.5 Å². The summed E-state index contributed by atoms with van der Waals surface area (Å²) in [7, 11) is 1.61. The number of anilines is 1. The number of morpholine rings is 1. The zero-order chi connectivity index (χ0) is 20.1. The van der Waals surface area contributed by atoms with Crippen LogP contribution in [-0.2, 0) is 27.1 Å². The summed E-state index contributed by atoms with van der Waals surface area (Å²) in [4.78, 5) is 28.8. The van der Waals surface area contributed by atoms with Crippen molar-refractivity contribution in [3.63, 3.8) is 0 Å². The fourth-order valence-electron chi connectivity index (χ4n) is 4.03. The number of ether oxygens (including phenoxy) is 2. The Hall–Kier alpha value is -1.48. The number of methoxy groups -OCH3 is 1. The van der Waals surface area contributed by atoms with Gasteiger partial charge in [0.2, 0.25) is 5.91 Å². The van der Waals surface area contributed by atoms with E-state index in [4.69, 9.17) is 9.47 Å². The molecule has 2 amide bonds. The maximum Gasteiger partial charge on any atom is 0.254 e. The van der Waals surface area contributed by atoms with E-state index in [2.05, 4.69) is 15.5 Å². The smallest absolute Gasteiger partial charge is 0.254 e. The molecule has 0 aromatic carbocycles. The van der Waals surface area contributed by atoms with E-state index in [1.165, 1.54) is 4.88 Å². The van der Waals surface area contributed by atoms with Crippen LogP contribution >= 0.6 is 11.3 Å². The van der Waals surface area contributed by atoms with Crippen molar-refractivity contribution in [1.29, 1.82) is 0 Å². The van der Waals surface area contributed by atoms with Gasteiger partial charge in [0.05, 0.1) is 30.9 Å². The van der Waals surface area contributed by atoms with Gasteiger partial charge in [0.25, 0.3) is 5.91 Å². The van der Waals surface area contributed by atoms with E-state index in [0.717, 1.165) is 44.3 Å². The van der Waals surface area contributed by atoms with Crippen LogP contribution in [0.5, 0.6) is 0 Å². The van der Waals surface area contributed by atoms with Crippen molar-refractivity contribution in [2.24, 2.45) is 0 Å². The molecule has 1 fully saturated rings. The van der Waals surface area contributed by atoms with Gasteiger partial charge in [0, 0.05) is 31.6 Å². The van der Waals surface area contributed by atoms with Gasteiger partial charge >= 0.3 is 0 Å². The number of amides is 2. The standard InChI is InChI=1S/C20H31N3O4S/c1-13-10-23(11-14(2)27-13)12-17(24)22-20-18(19(25)21-8-9-26-3)15-6-4-5-7-16(15)28-20/h13-14H,4-12H2,1-3H3,(H,21,25)(H,22,24)/t13-,14-/m0/s1. The lowest BCUT2D eigenvalue weighted by Crippen LogP contribution is -2.48. The van der Waals surface area contributed by atoms with E-state index < -0.39 is 0 Å². The molecular weight excluding hydrogens is 378 g/mol. The second-order valence-corrected chi connectivity index (χ2v) is 8.77. The van der Waals surface area contributed by atoms with E-state index >= 15 is 0 Å². The highest BCUT2D eigenvalue weighted by Gasteiger charge is 2.28. The van der Waals surface area contributed by atoms with Crippen LogP contribution in [0.3, 0.4) is 0 Å². The SMILES string of the molecule is COCCNC(=O)c1c(NC(=O)CN2C[C@H](C)O[C@@H](C)C2)sc2c1CCCC2. The monoisotopic (exact) mass is 409 g/mol. The molecule has 1 aromatic rings. The minimum Gasteiger partial charge on any atom is -0.383 e. The van der Waals surface area contributed by atoms with Gasteiger partial charge in [-0.2, -0.15) is 0 Å². The summed E-state index contributed by atoms with van der Waals surface area (Å²) in [6, 6.07) is 0. The number of fused-ring (bicyclic) bond motifs is 1. The lowest BCUT2D eigenvalue weighted by molar-refractivity contribution is -0.121. The Morgan fingerprint density at radius 3 is 2.64 bits per heavy atom. The summed E-state index contributed by atoms with van der Waals surface area (Å²) in [5, 5.41) is 6.61. The molecule has 0 bridgehead atoms. The maximum absolute atomic E-state index is 12.8. The first-order chi connectivity index (χ1) is 13.5. The molecule has 28 heavy (non-hydrogen) atoms. The van der Waals surface area contributed by atoms with Crippen molar-refractivity contribution < 1.29 is 19.1 Å². The zero-order valence-electron chi connectivity index (χ0n) is 17.0. The molecule has 2 aliphatic rings. The second-order valence-electron chi connectivity index (χ2n) is 7.66. The maximum atomic E-state index is 12.8. The Balaban J connectivity index is 1.70. The number of aryl methyl sites for hydroxylation is 1. The summed E-state index contributed by atoms with van der Waals surface area (Å²) in [6.07, 6.45) is 4.33. The van der Waals surface area contributed by atoms with Crippen LogP contribution in [0, 0.1) is 0 Å². The molecule has 0 radical (unpaired) electrons. The number of thiophene rings is 1. The number of carbonyl (C=O) groups excluding carboxylic acids is 2. The van der Waals surface area contributed by atoms with E-state index in [9.17, 15) is 9.59 Å². The first kappa shape index (κ1) is 21.2.